The molecule has 0 aromatic heterocycles. The third-order valence-corrected chi connectivity index (χ3v) is 4.64. The Balaban J connectivity index is 2.41. The summed E-state index contributed by atoms with van der Waals surface area (Å²) in [5.41, 5.74) is 13.0. The van der Waals surface area contributed by atoms with E-state index in [9.17, 15) is 8.42 Å². The molecule has 0 fully saturated rings. The SMILES string of the molecule is CC(N)Nc1ccc(N)cc1S(=O)(=O)Cc1ccccc1. The molecule has 6 heteroatoms. The van der Waals surface area contributed by atoms with Crippen LogP contribution in [0.3, 0.4) is 0 Å². The van der Waals surface area contributed by atoms with Crippen LogP contribution < -0.4 is 16.8 Å². The Labute approximate surface area is 124 Å². The fraction of sp³-hybridized carbons (Fsp3) is 0.200. The number of nitrogen functional groups attached to an aromatic ring is 1. The lowest BCUT2D eigenvalue weighted by Crippen LogP contribution is -2.26. The van der Waals surface area contributed by atoms with Gasteiger partial charge in [-0.3, -0.25) is 0 Å². The van der Waals surface area contributed by atoms with Crippen molar-refractivity contribution in [3.8, 4) is 0 Å². The van der Waals surface area contributed by atoms with Crippen LogP contribution in [-0.4, -0.2) is 14.6 Å². The Kier molecular flexibility index (Phi) is 4.50. The largest absolute Gasteiger partial charge is 0.399 e. The average Bonchev–Trinajstić information content (AvgIpc) is 2.41. The zero-order chi connectivity index (χ0) is 15.5. The van der Waals surface area contributed by atoms with E-state index in [0.717, 1.165) is 5.56 Å². The lowest BCUT2D eigenvalue weighted by Gasteiger charge is -2.15. The van der Waals surface area contributed by atoms with Crippen molar-refractivity contribution in [3.63, 3.8) is 0 Å². The number of benzene rings is 2. The summed E-state index contributed by atoms with van der Waals surface area (Å²) in [6, 6.07) is 13.8. The van der Waals surface area contributed by atoms with Gasteiger partial charge in [0.1, 0.15) is 0 Å². The van der Waals surface area contributed by atoms with Gasteiger partial charge in [-0.2, -0.15) is 0 Å². The summed E-state index contributed by atoms with van der Waals surface area (Å²) < 4.78 is 25.2. The van der Waals surface area contributed by atoms with Crippen molar-refractivity contribution in [2.45, 2.75) is 23.7 Å². The maximum Gasteiger partial charge on any atom is 0.184 e. The number of hydrogen-bond donors (Lipinski definition) is 3. The van der Waals surface area contributed by atoms with Gasteiger partial charge >= 0.3 is 0 Å². The Morgan fingerprint density at radius 2 is 1.81 bits per heavy atom. The van der Waals surface area contributed by atoms with Crippen molar-refractivity contribution >= 4 is 21.2 Å². The molecule has 5 nitrogen and oxygen atoms in total. The summed E-state index contributed by atoms with van der Waals surface area (Å²) >= 11 is 0. The predicted octanol–water partition coefficient (Wildman–Crippen LogP) is 1.96. The van der Waals surface area contributed by atoms with E-state index in [-0.39, 0.29) is 16.8 Å². The van der Waals surface area contributed by atoms with Crippen LogP contribution in [0.25, 0.3) is 0 Å². The maximum atomic E-state index is 12.6. The first-order chi connectivity index (χ1) is 9.88. The molecule has 0 radical (unpaired) electrons. The van der Waals surface area contributed by atoms with Crippen molar-refractivity contribution in [3.05, 3.63) is 54.1 Å². The standard InChI is InChI=1S/C15H19N3O2S/c1-11(16)18-14-8-7-13(17)9-15(14)21(19,20)10-12-5-3-2-4-6-12/h2-9,11,18H,10,16-17H2,1H3. The molecule has 1 atom stereocenters. The zero-order valence-electron chi connectivity index (χ0n) is 11.8. The van der Waals surface area contributed by atoms with E-state index in [1.807, 2.05) is 18.2 Å². The molecule has 0 heterocycles. The van der Waals surface area contributed by atoms with Crippen LogP contribution in [0.2, 0.25) is 0 Å². The highest BCUT2D eigenvalue weighted by atomic mass is 32.2. The molecule has 0 amide bonds. The van der Waals surface area contributed by atoms with Gasteiger partial charge in [0, 0.05) is 5.69 Å². The Bertz CT molecular complexity index is 713. The minimum absolute atomic E-state index is 0.0784. The van der Waals surface area contributed by atoms with E-state index in [2.05, 4.69) is 5.32 Å². The molecular formula is C15H19N3O2S. The zero-order valence-corrected chi connectivity index (χ0v) is 12.6. The summed E-state index contributed by atoms with van der Waals surface area (Å²) in [6.45, 7) is 1.74. The van der Waals surface area contributed by atoms with Crippen LogP contribution in [-0.2, 0) is 15.6 Å². The van der Waals surface area contributed by atoms with Crippen molar-refractivity contribution in [2.75, 3.05) is 11.1 Å². The van der Waals surface area contributed by atoms with E-state index in [1.54, 1.807) is 31.2 Å². The number of rotatable bonds is 5. The lowest BCUT2D eigenvalue weighted by atomic mass is 10.2. The van der Waals surface area contributed by atoms with Crippen molar-refractivity contribution in [1.82, 2.24) is 0 Å². The summed E-state index contributed by atoms with van der Waals surface area (Å²) in [4.78, 5) is 0.170. The number of hydrogen-bond acceptors (Lipinski definition) is 5. The first-order valence-electron chi connectivity index (χ1n) is 6.57. The normalized spacial score (nSPS) is 12.9. The molecule has 0 aliphatic rings. The second-order valence-corrected chi connectivity index (χ2v) is 6.89. The molecule has 112 valence electrons. The Hall–Kier alpha value is -2.05. The molecule has 5 N–H and O–H groups in total. The molecule has 2 rings (SSSR count). The van der Waals surface area contributed by atoms with Gasteiger partial charge in [-0.25, -0.2) is 8.42 Å². The van der Waals surface area contributed by atoms with Gasteiger partial charge in [0.05, 0.1) is 22.5 Å². The molecule has 21 heavy (non-hydrogen) atoms. The topological polar surface area (TPSA) is 98.2 Å². The number of anilines is 2. The number of nitrogens with two attached hydrogens (primary N) is 2. The fourth-order valence-electron chi connectivity index (χ4n) is 2.03. The summed E-state index contributed by atoms with van der Waals surface area (Å²) in [5, 5.41) is 2.94. The Morgan fingerprint density at radius 1 is 1.14 bits per heavy atom. The molecule has 0 aliphatic heterocycles. The molecule has 2 aromatic carbocycles. The van der Waals surface area contributed by atoms with Crippen LogP contribution in [0, 0.1) is 0 Å². The molecule has 0 saturated heterocycles. The minimum atomic E-state index is -3.51. The summed E-state index contributed by atoms with van der Waals surface area (Å²) in [5.74, 6) is -0.0784. The predicted molar refractivity (Wildman–Crippen MR) is 85.5 cm³/mol. The lowest BCUT2D eigenvalue weighted by molar-refractivity contribution is 0.595. The molecule has 0 spiro atoms. The van der Waals surface area contributed by atoms with Gasteiger partial charge < -0.3 is 16.8 Å². The highest BCUT2D eigenvalue weighted by molar-refractivity contribution is 7.90. The van der Waals surface area contributed by atoms with E-state index < -0.39 is 9.84 Å². The van der Waals surface area contributed by atoms with Crippen LogP contribution in [0.5, 0.6) is 0 Å². The quantitative estimate of drug-likeness (QED) is 0.579. The van der Waals surface area contributed by atoms with Crippen molar-refractivity contribution in [2.24, 2.45) is 5.73 Å². The monoisotopic (exact) mass is 305 g/mol. The number of nitrogens with one attached hydrogen (secondary N) is 1. The third kappa shape index (κ3) is 3.96. The molecule has 1 unspecified atom stereocenters. The molecule has 0 aliphatic carbocycles. The molecular weight excluding hydrogens is 286 g/mol. The van der Waals surface area contributed by atoms with Crippen molar-refractivity contribution in [1.29, 1.82) is 0 Å². The van der Waals surface area contributed by atoms with E-state index in [1.165, 1.54) is 6.07 Å². The Morgan fingerprint density at radius 3 is 2.43 bits per heavy atom. The second-order valence-electron chi connectivity index (χ2n) is 4.93. The van der Waals surface area contributed by atoms with E-state index >= 15 is 0 Å². The first-order valence-corrected chi connectivity index (χ1v) is 8.22. The summed E-state index contributed by atoms with van der Waals surface area (Å²) in [7, 11) is -3.51. The van der Waals surface area contributed by atoms with Crippen LogP contribution in [0.1, 0.15) is 12.5 Å². The molecule has 0 saturated carbocycles. The van der Waals surface area contributed by atoms with Gasteiger partial charge in [0.25, 0.3) is 0 Å². The smallest absolute Gasteiger partial charge is 0.184 e. The first kappa shape index (κ1) is 15.3. The summed E-state index contributed by atoms with van der Waals surface area (Å²) in [6.07, 6.45) is -0.362. The van der Waals surface area contributed by atoms with Crippen LogP contribution in [0.4, 0.5) is 11.4 Å². The van der Waals surface area contributed by atoms with Crippen molar-refractivity contribution < 1.29 is 8.42 Å². The highest BCUT2D eigenvalue weighted by Crippen LogP contribution is 2.27. The maximum absolute atomic E-state index is 12.6. The van der Waals surface area contributed by atoms with E-state index in [4.69, 9.17) is 11.5 Å². The second kappa shape index (κ2) is 6.15. The highest BCUT2D eigenvalue weighted by Gasteiger charge is 2.20. The fourth-order valence-corrected chi connectivity index (χ4v) is 3.60. The average molecular weight is 305 g/mol. The van der Waals surface area contributed by atoms with Crippen LogP contribution in [0.15, 0.2) is 53.4 Å². The van der Waals surface area contributed by atoms with E-state index in [0.29, 0.717) is 11.4 Å². The van der Waals surface area contributed by atoms with Gasteiger partial charge in [-0.1, -0.05) is 30.3 Å². The number of sulfone groups is 1. The van der Waals surface area contributed by atoms with Gasteiger partial charge in [-0.15, -0.1) is 0 Å². The van der Waals surface area contributed by atoms with Gasteiger partial charge in [0.15, 0.2) is 9.84 Å². The minimum Gasteiger partial charge on any atom is -0.399 e. The molecule has 0 bridgehead atoms. The van der Waals surface area contributed by atoms with Gasteiger partial charge in [-0.05, 0) is 30.7 Å². The molecule has 2 aromatic rings. The third-order valence-electron chi connectivity index (χ3n) is 2.92. The van der Waals surface area contributed by atoms with Crippen LogP contribution >= 0.6 is 0 Å². The van der Waals surface area contributed by atoms with Gasteiger partial charge in [0.2, 0.25) is 0 Å².